The number of nitrogens with zero attached hydrogens (tertiary/aromatic N) is 1. The second kappa shape index (κ2) is 5.73. The van der Waals surface area contributed by atoms with Crippen LogP contribution >= 0.6 is 11.3 Å². The number of methoxy groups -OCH3 is 1. The molecule has 1 aromatic heterocycles. The van der Waals surface area contributed by atoms with Crippen molar-refractivity contribution in [1.29, 1.82) is 0 Å². The molecule has 0 aliphatic carbocycles. The van der Waals surface area contributed by atoms with E-state index in [0.29, 0.717) is 5.69 Å². The SMILES string of the molecule is CCC(Nc1cc(N)cc(OC)c1)c1nccs1. The molecule has 1 unspecified atom stereocenters. The number of aromatic nitrogens is 1. The van der Waals surface area contributed by atoms with Crippen LogP contribution in [0.2, 0.25) is 0 Å². The number of anilines is 2. The van der Waals surface area contributed by atoms with E-state index in [1.54, 1.807) is 24.5 Å². The zero-order valence-electron chi connectivity index (χ0n) is 10.5. The molecule has 0 amide bonds. The summed E-state index contributed by atoms with van der Waals surface area (Å²) in [6.07, 6.45) is 2.79. The summed E-state index contributed by atoms with van der Waals surface area (Å²) < 4.78 is 5.21. The third kappa shape index (κ3) is 2.92. The summed E-state index contributed by atoms with van der Waals surface area (Å²) in [5, 5.41) is 6.50. The van der Waals surface area contributed by atoms with Gasteiger partial charge in [-0.3, -0.25) is 0 Å². The Kier molecular flexibility index (Phi) is 4.04. The van der Waals surface area contributed by atoms with E-state index in [1.807, 2.05) is 23.7 Å². The topological polar surface area (TPSA) is 60.2 Å². The summed E-state index contributed by atoms with van der Waals surface area (Å²) >= 11 is 1.65. The molecular weight excluding hydrogens is 246 g/mol. The van der Waals surface area contributed by atoms with Crippen LogP contribution in [0.3, 0.4) is 0 Å². The number of nitrogen functional groups attached to an aromatic ring is 1. The Morgan fingerprint density at radius 3 is 2.89 bits per heavy atom. The van der Waals surface area contributed by atoms with E-state index in [2.05, 4.69) is 17.2 Å². The van der Waals surface area contributed by atoms with Gasteiger partial charge in [0.1, 0.15) is 10.8 Å². The lowest BCUT2D eigenvalue weighted by Gasteiger charge is -2.17. The van der Waals surface area contributed by atoms with Crippen LogP contribution in [0.4, 0.5) is 11.4 Å². The number of thiazole rings is 1. The fourth-order valence-corrected chi connectivity index (χ4v) is 2.54. The molecule has 1 atom stereocenters. The van der Waals surface area contributed by atoms with Gasteiger partial charge in [0.25, 0.3) is 0 Å². The lowest BCUT2D eigenvalue weighted by molar-refractivity contribution is 0.415. The monoisotopic (exact) mass is 263 g/mol. The van der Waals surface area contributed by atoms with Crippen molar-refractivity contribution in [3.63, 3.8) is 0 Å². The summed E-state index contributed by atoms with van der Waals surface area (Å²) in [5.41, 5.74) is 7.48. The highest BCUT2D eigenvalue weighted by atomic mass is 32.1. The van der Waals surface area contributed by atoms with Gasteiger partial charge < -0.3 is 15.8 Å². The molecule has 0 saturated heterocycles. The first-order valence-corrected chi connectivity index (χ1v) is 6.71. The standard InChI is InChI=1S/C13H17N3OS/c1-3-12(13-15-4-5-18-13)16-10-6-9(14)7-11(8-10)17-2/h4-8,12,16H,3,14H2,1-2H3. The van der Waals surface area contributed by atoms with Gasteiger partial charge in [0.15, 0.2) is 0 Å². The minimum atomic E-state index is 0.205. The fourth-order valence-electron chi connectivity index (χ4n) is 1.77. The molecule has 5 heteroatoms. The Hall–Kier alpha value is -1.75. The Balaban J connectivity index is 2.19. The van der Waals surface area contributed by atoms with Crippen molar-refractivity contribution in [2.75, 3.05) is 18.2 Å². The second-order valence-electron chi connectivity index (χ2n) is 3.97. The lowest BCUT2D eigenvalue weighted by Crippen LogP contribution is -2.09. The Morgan fingerprint density at radius 2 is 2.28 bits per heavy atom. The summed E-state index contributed by atoms with van der Waals surface area (Å²) in [6, 6.07) is 5.84. The zero-order chi connectivity index (χ0) is 13.0. The Labute approximate surface area is 111 Å². The molecule has 2 aromatic rings. The van der Waals surface area contributed by atoms with E-state index in [4.69, 9.17) is 10.5 Å². The zero-order valence-corrected chi connectivity index (χ0v) is 11.3. The third-order valence-electron chi connectivity index (χ3n) is 2.66. The van der Waals surface area contributed by atoms with E-state index in [9.17, 15) is 0 Å². The maximum Gasteiger partial charge on any atom is 0.122 e. The predicted octanol–water partition coefficient (Wildman–Crippen LogP) is 3.30. The highest BCUT2D eigenvalue weighted by Crippen LogP contribution is 2.28. The number of benzene rings is 1. The summed E-state index contributed by atoms with van der Waals surface area (Å²) in [5.74, 6) is 0.756. The van der Waals surface area contributed by atoms with Gasteiger partial charge >= 0.3 is 0 Å². The van der Waals surface area contributed by atoms with Gasteiger partial charge in [-0.2, -0.15) is 0 Å². The van der Waals surface area contributed by atoms with E-state index in [1.165, 1.54) is 0 Å². The Morgan fingerprint density at radius 1 is 1.44 bits per heavy atom. The fraction of sp³-hybridized carbons (Fsp3) is 0.308. The van der Waals surface area contributed by atoms with Gasteiger partial charge in [0.05, 0.1) is 13.2 Å². The minimum Gasteiger partial charge on any atom is -0.497 e. The van der Waals surface area contributed by atoms with Gasteiger partial charge in [-0.15, -0.1) is 11.3 Å². The highest BCUT2D eigenvalue weighted by Gasteiger charge is 2.12. The van der Waals surface area contributed by atoms with Crippen LogP contribution in [0.15, 0.2) is 29.8 Å². The van der Waals surface area contributed by atoms with Gasteiger partial charge in [0, 0.05) is 35.1 Å². The molecular formula is C13H17N3OS. The maximum absolute atomic E-state index is 5.84. The van der Waals surface area contributed by atoms with Crippen molar-refractivity contribution in [2.24, 2.45) is 0 Å². The van der Waals surface area contributed by atoms with E-state index < -0.39 is 0 Å². The minimum absolute atomic E-state index is 0.205. The van der Waals surface area contributed by atoms with Crippen molar-refractivity contribution in [2.45, 2.75) is 19.4 Å². The molecule has 0 aliphatic rings. The molecule has 0 aliphatic heterocycles. The first kappa shape index (κ1) is 12.7. The van der Waals surface area contributed by atoms with E-state index >= 15 is 0 Å². The van der Waals surface area contributed by atoms with Crippen molar-refractivity contribution in [3.8, 4) is 5.75 Å². The molecule has 0 radical (unpaired) electrons. The van der Waals surface area contributed by atoms with Crippen molar-refractivity contribution < 1.29 is 4.74 Å². The first-order chi connectivity index (χ1) is 8.72. The van der Waals surface area contributed by atoms with Crippen molar-refractivity contribution in [3.05, 3.63) is 34.8 Å². The van der Waals surface area contributed by atoms with Crippen molar-refractivity contribution >= 4 is 22.7 Å². The van der Waals surface area contributed by atoms with Crippen LogP contribution in [0.25, 0.3) is 0 Å². The molecule has 0 saturated carbocycles. The smallest absolute Gasteiger partial charge is 0.122 e. The summed E-state index contributed by atoms with van der Waals surface area (Å²) in [6.45, 7) is 2.13. The van der Waals surface area contributed by atoms with Crippen LogP contribution in [0.1, 0.15) is 24.4 Å². The molecule has 96 valence electrons. The number of rotatable bonds is 5. The average Bonchev–Trinajstić information content (AvgIpc) is 2.89. The second-order valence-corrected chi connectivity index (χ2v) is 4.90. The molecule has 18 heavy (non-hydrogen) atoms. The first-order valence-electron chi connectivity index (χ1n) is 5.83. The molecule has 4 nitrogen and oxygen atoms in total. The molecule has 2 rings (SSSR count). The third-order valence-corrected chi connectivity index (χ3v) is 3.55. The predicted molar refractivity (Wildman–Crippen MR) is 76.2 cm³/mol. The quantitative estimate of drug-likeness (QED) is 0.813. The highest BCUT2D eigenvalue weighted by molar-refractivity contribution is 7.09. The van der Waals surface area contributed by atoms with E-state index in [-0.39, 0.29) is 6.04 Å². The lowest BCUT2D eigenvalue weighted by atomic mass is 10.2. The van der Waals surface area contributed by atoms with Crippen LogP contribution < -0.4 is 15.8 Å². The van der Waals surface area contributed by atoms with Crippen LogP contribution in [-0.4, -0.2) is 12.1 Å². The van der Waals surface area contributed by atoms with Crippen molar-refractivity contribution in [1.82, 2.24) is 4.98 Å². The number of nitrogens with one attached hydrogen (secondary N) is 1. The molecule has 3 N–H and O–H groups in total. The van der Waals surface area contributed by atoms with Gasteiger partial charge in [0.2, 0.25) is 0 Å². The van der Waals surface area contributed by atoms with Crippen LogP contribution in [0, 0.1) is 0 Å². The number of hydrogen-bond donors (Lipinski definition) is 2. The molecule has 0 fully saturated rings. The van der Waals surface area contributed by atoms with Crippen LogP contribution in [0.5, 0.6) is 5.75 Å². The molecule has 1 aromatic carbocycles. The number of nitrogens with two attached hydrogens (primary N) is 1. The number of hydrogen-bond acceptors (Lipinski definition) is 5. The summed E-state index contributed by atoms with van der Waals surface area (Å²) in [7, 11) is 1.64. The van der Waals surface area contributed by atoms with Gasteiger partial charge in [-0.25, -0.2) is 4.98 Å². The normalized spacial score (nSPS) is 12.1. The molecule has 0 spiro atoms. The average molecular weight is 263 g/mol. The Bertz CT molecular complexity index is 499. The maximum atomic E-state index is 5.84. The van der Waals surface area contributed by atoms with Crippen LogP contribution in [-0.2, 0) is 0 Å². The summed E-state index contributed by atoms with van der Waals surface area (Å²) in [4.78, 5) is 4.34. The molecule has 0 bridgehead atoms. The largest absolute Gasteiger partial charge is 0.497 e. The number of ether oxygens (including phenoxy) is 1. The van der Waals surface area contributed by atoms with Gasteiger partial charge in [-0.1, -0.05) is 6.92 Å². The van der Waals surface area contributed by atoms with E-state index in [0.717, 1.165) is 22.9 Å². The van der Waals surface area contributed by atoms with Gasteiger partial charge in [-0.05, 0) is 12.5 Å². The molecule has 1 heterocycles.